The number of phenolic OH excluding ortho intramolecular Hbond substituents is 1. The first kappa shape index (κ1) is 11.7. The summed E-state index contributed by atoms with van der Waals surface area (Å²) in [6.45, 7) is 0.227. The highest BCUT2D eigenvalue weighted by Crippen LogP contribution is 2.31. The molecule has 0 fully saturated rings. The summed E-state index contributed by atoms with van der Waals surface area (Å²) in [7, 11) is 3.01. The van der Waals surface area contributed by atoms with Gasteiger partial charge in [0.15, 0.2) is 11.5 Å². The molecule has 1 aromatic rings. The lowest BCUT2D eigenvalue weighted by atomic mass is 10.1. The van der Waals surface area contributed by atoms with Crippen molar-refractivity contribution in [3.05, 3.63) is 23.5 Å². The monoisotopic (exact) mass is 215 g/mol. The normalized spacial score (nSPS) is 12.5. The summed E-state index contributed by atoms with van der Waals surface area (Å²) in [6, 6.07) is 2.21. The number of hydrogen-bond acceptors (Lipinski definition) is 4. The highest BCUT2D eigenvalue weighted by molar-refractivity contribution is 5.43. The van der Waals surface area contributed by atoms with Gasteiger partial charge in [0.25, 0.3) is 0 Å². The number of methoxy groups -OCH3 is 1. The van der Waals surface area contributed by atoms with Crippen molar-refractivity contribution in [2.75, 3.05) is 20.7 Å². The van der Waals surface area contributed by atoms with E-state index in [0.29, 0.717) is 0 Å². The van der Waals surface area contributed by atoms with Crippen LogP contribution >= 0.6 is 0 Å². The number of aliphatic hydroxyl groups is 1. The quantitative estimate of drug-likeness (QED) is 0.695. The van der Waals surface area contributed by atoms with Gasteiger partial charge in [-0.3, -0.25) is 0 Å². The summed E-state index contributed by atoms with van der Waals surface area (Å²) in [4.78, 5) is 0. The minimum absolute atomic E-state index is 0.0963. The van der Waals surface area contributed by atoms with Crippen LogP contribution in [-0.4, -0.2) is 30.9 Å². The van der Waals surface area contributed by atoms with Gasteiger partial charge < -0.3 is 20.3 Å². The molecule has 0 aliphatic heterocycles. The SMILES string of the molecule is CNCC(O)c1cc(OC)c(O)cc1F. The number of hydrogen-bond donors (Lipinski definition) is 3. The van der Waals surface area contributed by atoms with Crippen molar-refractivity contribution in [1.82, 2.24) is 5.32 Å². The van der Waals surface area contributed by atoms with Crippen LogP contribution in [0.1, 0.15) is 11.7 Å². The molecule has 0 aliphatic rings. The Morgan fingerprint density at radius 2 is 2.20 bits per heavy atom. The molecule has 1 atom stereocenters. The van der Waals surface area contributed by atoms with E-state index in [1.54, 1.807) is 7.05 Å². The Hall–Kier alpha value is -1.33. The van der Waals surface area contributed by atoms with Crippen LogP contribution in [-0.2, 0) is 0 Å². The van der Waals surface area contributed by atoms with Crippen LogP contribution < -0.4 is 10.1 Å². The fourth-order valence-corrected chi connectivity index (χ4v) is 1.28. The molecular formula is C10H14FNO3. The molecule has 84 valence electrons. The Morgan fingerprint density at radius 1 is 1.53 bits per heavy atom. The average molecular weight is 215 g/mol. The second kappa shape index (κ2) is 4.95. The van der Waals surface area contributed by atoms with E-state index in [4.69, 9.17) is 4.74 Å². The fourth-order valence-electron chi connectivity index (χ4n) is 1.28. The fraction of sp³-hybridized carbons (Fsp3) is 0.400. The second-order valence-electron chi connectivity index (χ2n) is 3.12. The maximum Gasteiger partial charge on any atom is 0.161 e. The first-order chi connectivity index (χ1) is 7.10. The van der Waals surface area contributed by atoms with Crippen molar-refractivity contribution >= 4 is 0 Å². The number of phenols is 1. The molecule has 15 heavy (non-hydrogen) atoms. The molecule has 0 saturated heterocycles. The van der Waals surface area contributed by atoms with E-state index in [2.05, 4.69) is 5.32 Å². The van der Waals surface area contributed by atoms with Crippen molar-refractivity contribution in [3.63, 3.8) is 0 Å². The third kappa shape index (κ3) is 2.57. The maximum absolute atomic E-state index is 13.3. The summed E-state index contributed by atoms with van der Waals surface area (Å²) >= 11 is 0. The second-order valence-corrected chi connectivity index (χ2v) is 3.12. The highest BCUT2D eigenvalue weighted by atomic mass is 19.1. The molecule has 0 bridgehead atoms. The molecule has 4 nitrogen and oxygen atoms in total. The summed E-state index contributed by atoms with van der Waals surface area (Å²) in [5.41, 5.74) is 0.0963. The van der Waals surface area contributed by atoms with Gasteiger partial charge in [-0.1, -0.05) is 0 Å². The molecule has 0 saturated carbocycles. The molecule has 3 N–H and O–H groups in total. The van der Waals surface area contributed by atoms with E-state index in [1.165, 1.54) is 13.2 Å². The zero-order chi connectivity index (χ0) is 11.4. The number of rotatable bonds is 4. The first-order valence-electron chi connectivity index (χ1n) is 4.49. The van der Waals surface area contributed by atoms with Gasteiger partial charge in [0.2, 0.25) is 0 Å². The number of aliphatic hydroxyl groups excluding tert-OH is 1. The Balaban J connectivity index is 3.06. The zero-order valence-corrected chi connectivity index (χ0v) is 8.62. The first-order valence-corrected chi connectivity index (χ1v) is 4.49. The molecule has 1 aromatic carbocycles. The van der Waals surface area contributed by atoms with Crippen LogP contribution in [0.3, 0.4) is 0 Å². The molecule has 0 radical (unpaired) electrons. The molecule has 0 heterocycles. The van der Waals surface area contributed by atoms with Gasteiger partial charge in [0, 0.05) is 18.2 Å². The van der Waals surface area contributed by atoms with E-state index < -0.39 is 11.9 Å². The van der Waals surface area contributed by atoms with Gasteiger partial charge in [-0.2, -0.15) is 0 Å². The standard InChI is InChI=1S/C10H14FNO3/c1-12-5-9(14)6-3-10(15-2)8(13)4-7(6)11/h3-4,9,12-14H,5H2,1-2H3. The number of likely N-dealkylation sites (N-methyl/N-ethyl adjacent to an activating group) is 1. The lowest BCUT2D eigenvalue weighted by Gasteiger charge is -2.13. The third-order valence-corrected chi connectivity index (χ3v) is 2.05. The number of nitrogens with one attached hydrogen (secondary N) is 1. The van der Waals surface area contributed by atoms with Crippen LogP contribution in [0, 0.1) is 5.82 Å². The largest absolute Gasteiger partial charge is 0.504 e. The summed E-state index contributed by atoms with van der Waals surface area (Å²) in [5.74, 6) is -0.798. The van der Waals surface area contributed by atoms with Crippen molar-refractivity contribution < 1.29 is 19.3 Å². The summed E-state index contributed by atoms with van der Waals surface area (Å²) < 4.78 is 18.2. The van der Waals surface area contributed by atoms with Crippen molar-refractivity contribution in [2.24, 2.45) is 0 Å². The number of aromatic hydroxyl groups is 1. The van der Waals surface area contributed by atoms with Crippen LogP contribution in [0.25, 0.3) is 0 Å². The van der Waals surface area contributed by atoms with Gasteiger partial charge in [0.1, 0.15) is 5.82 Å². The van der Waals surface area contributed by atoms with E-state index in [-0.39, 0.29) is 23.6 Å². The Kier molecular flexibility index (Phi) is 3.88. The topological polar surface area (TPSA) is 61.7 Å². The van der Waals surface area contributed by atoms with Gasteiger partial charge in [-0.05, 0) is 13.1 Å². The van der Waals surface area contributed by atoms with Crippen molar-refractivity contribution in [1.29, 1.82) is 0 Å². The lowest BCUT2D eigenvalue weighted by molar-refractivity contribution is 0.172. The van der Waals surface area contributed by atoms with Crippen LogP contribution in [0.4, 0.5) is 4.39 Å². The smallest absolute Gasteiger partial charge is 0.161 e. The summed E-state index contributed by atoms with van der Waals surface area (Å²) in [5, 5.41) is 21.6. The minimum Gasteiger partial charge on any atom is -0.504 e. The molecule has 0 spiro atoms. The Labute approximate surface area is 87.3 Å². The van der Waals surface area contributed by atoms with E-state index in [9.17, 15) is 14.6 Å². The molecule has 0 aliphatic carbocycles. The van der Waals surface area contributed by atoms with Gasteiger partial charge in [0.05, 0.1) is 13.2 Å². The maximum atomic E-state index is 13.3. The molecule has 1 rings (SSSR count). The lowest BCUT2D eigenvalue weighted by Crippen LogP contribution is -2.17. The predicted molar refractivity (Wildman–Crippen MR) is 53.5 cm³/mol. The van der Waals surface area contributed by atoms with Crippen molar-refractivity contribution in [2.45, 2.75) is 6.10 Å². The van der Waals surface area contributed by atoms with Crippen molar-refractivity contribution in [3.8, 4) is 11.5 Å². The Morgan fingerprint density at radius 3 is 2.73 bits per heavy atom. The van der Waals surface area contributed by atoms with E-state index in [0.717, 1.165) is 6.07 Å². The number of benzene rings is 1. The van der Waals surface area contributed by atoms with E-state index >= 15 is 0 Å². The third-order valence-electron chi connectivity index (χ3n) is 2.05. The molecular weight excluding hydrogens is 201 g/mol. The molecule has 1 unspecified atom stereocenters. The minimum atomic E-state index is -0.968. The van der Waals surface area contributed by atoms with Gasteiger partial charge >= 0.3 is 0 Å². The molecule has 5 heteroatoms. The summed E-state index contributed by atoms with van der Waals surface area (Å²) in [6.07, 6.45) is -0.968. The number of halogens is 1. The average Bonchev–Trinajstić information content (AvgIpc) is 2.18. The number of ether oxygens (including phenoxy) is 1. The van der Waals surface area contributed by atoms with Crippen LogP contribution in [0.5, 0.6) is 11.5 Å². The molecule has 0 amide bonds. The van der Waals surface area contributed by atoms with Crippen LogP contribution in [0.2, 0.25) is 0 Å². The predicted octanol–water partition coefficient (Wildman–Crippen LogP) is 0.793. The van der Waals surface area contributed by atoms with Gasteiger partial charge in [-0.25, -0.2) is 4.39 Å². The molecule has 0 aromatic heterocycles. The van der Waals surface area contributed by atoms with E-state index in [1.807, 2.05) is 0 Å². The van der Waals surface area contributed by atoms with Crippen LogP contribution in [0.15, 0.2) is 12.1 Å². The zero-order valence-electron chi connectivity index (χ0n) is 8.62. The highest BCUT2D eigenvalue weighted by Gasteiger charge is 2.15. The van der Waals surface area contributed by atoms with Gasteiger partial charge in [-0.15, -0.1) is 0 Å². The Bertz CT molecular complexity index is 344.